The SMILES string of the molecule is CC(c1ccc(F)c(Br)c1)N(C)CCCN. The average molecular weight is 289 g/mol. The van der Waals surface area contributed by atoms with E-state index in [9.17, 15) is 4.39 Å². The highest BCUT2D eigenvalue weighted by molar-refractivity contribution is 9.10. The molecule has 1 atom stereocenters. The van der Waals surface area contributed by atoms with E-state index in [2.05, 4.69) is 34.8 Å². The van der Waals surface area contributed by atoms with Gasteiger partial charge in [0, 0.05) is 6.04 Å². The number of hydrogen-bond donors (Lipinski definition) is 1. The van der Waals surface area contributed by atoms with Crippen molar-refractivity contribution in [2.24, 2.45) is 5.73 Å². The summed E-state index contributed by atoms with van der Waals surface area (Å²) in [6.45, 7) is 3.76. The first-order valence-electron chi connectivity index (χ1n) is 5.41. The van der Waals surface area contributed by atoms with Crippen LogP contribution in [-0.4, -0.2) is 25.0 Å². The molecule has 1 unspecified atom stereocenters. The van der Waals surface area contributed by atoms with E-state index in [0.717, 1.165) is 18.5 Å². The van der Waals surface area contributed by atoms with Crippen LogP contribution in [0.5, 0.6) is 0 Å². The Kier molecular flexibility index (Phi) is 5.38. The topological polar surface area (TPSA) is 29.3 Å². The van der Waals surface area contributed by atoms with Gasteiger partial charge in [0.15, 0.2) is 0 Å². The molecule has 16 heavy (non-hydrogen) atoms. The van der Waals surface area contributed by atoms with E-state index < -0.39 is 0 Å². The fourth-order valence-corrected chi connectivity index (χ4v) is 1.96. The maximum Gasteiger partial charge on any atom is 0.137 e. The molecule has 0 spiro atoms. The van der Waals surface area contributed by atoms with Crippen LogP contribution < -0.4 is 5.73 Å². The molecule has 2 nitrogen and oxygen atoms in total. The van der Waals surface area contributed by atoms with Crippen molar-refractivity contribution in [1.29, 1.82) is 0 Å². The molecule has 0 heterocycles. The highest BCUT2D eigenvalue weighted by Gasteiger charge is 2.12. The van der Waals surface area contributed by atoms with Gasteiger partial charge in [0.25, 0.3) is 0 Å². The van der Waals surface area contributed by atoms with E-state index in [4.69, 9.17) is 5.73 Å². The van der Waals surface area contributed by atoms with Crippen molar-refractivity contribution in [3.8, 4) is 0 Å². The standard InChI is InChI=1S/C12H18BrFN2/c1-9(16(2)7-3-6-15)10-4-5-12(14)11(13)8-10/h4-5,8-9H,3,6-7,15H2,1-2H3. The lowest BCUT2D eigenvalue weighted by molar-refractivity contribution is 0.260. The molecule has 0 aromatic heterocycles. The number of halogens is 2. The zero-order chi connectivity index (χ0) is 12.1. The summed E-state index contributed by atoms with van der Waals surface area (Å²) < 4.78 is 13.6. The molecule has 0 bridgehead atoms. The average Bonchev–Trinajstić information content (AvgIpc) is 2.28. The van der Waals surface area contributed by atoms with Gasteiger partial charge < -0.3 is 5.73 Å². The number of hydrogen-bond acceptors (Lipinski definition) is 2. The second-order valence-corrected chi connectivity index (χ2v) is 4.83. The van der Waals surface area contributed by atoms with Crippen LogP contribution in [0.15, 0.2) is 22.7 Å². The molecule has 0 radical (unpaired) electrons. The molecule has 0 saturated heterocycles. The first-order chi connectivity index (χ1) is 7.56. The molecule has 0 amide bonds. The second-order valence-electron chi connectivity index (χ2n) is 3.97. The summed E-state index contributed by atoms with van der Waals surface area (Å²) in [5.41, 5.74) is 6.58. The second kappa shape index (κ2) is 6.33. The molecule has 1 rings (SSSR count). The molecule has 1 aromatic rings. The van der Waals surface area contributed by atoms with Gasteiger partial charge in [0.1, 0.15) is 5.82 Å². The number of nitrogens with zero attached hydrogens (tertiary/aromatic N) is 1. The Morgan fingerprint density at radius 1 is 1.50 bits per heavy atom. The van der Waals surface area contributed by atoms with Crippen molar-refractivity contribution in [2.45, 2.75) is 19.4 Å². The van der Waals surface area contributed by atoms with Gasteiger partial charge >= 0.3 is 0 Å². The van der Waals surface area contributed by atoms with Gasteiger partial charge in [0.05, 0.1) is 4.47 Å². The first kappa shape index (κ1) is 13.6. The molecule has 90 valence electrons. The Morgan fingerprint density at radius 2 is 2.19 bits per heavy atom. The fourth-order valence-electron chi connectivity index (χ4n) is 1.56. The summed E-state index contributed by atoms with van der Waals surface area (Å²) in [7, 11) is 2.05. The lowest BCUT2D eigenvalue weighted by Crippen LogP contribution is -2.25. The molecular formula is C12H18BrFN2. The van der Waals surface area contributed by atoms with Gasteiger partial charge in [-0.15, -0.1) is 0 Å². The summed E-state index contributed by atoms with van der Waals surface area (Å²) in [4.78, 5) is 2.21. The molecule has 1 aromatic carbocycles. The van der Waals surface area contributed by atoms with E-state index in [-0.39, 0.29) is 11.9 Å². The molecule has 0 saturated carbocycles. The third-order valence-corrected chi connectivity index (χ3v) is 3.41. The Hall–Kier alpha value is -0.450. The summed E-state index contributed by atoms with van der Waals surface area (Å²) in [5.74, 6) is -0.222. The Balaban J connectivity index is 2.71. The van der Waals surface area contributed by atoms with Crippen LogP contribution in [0, 0.1) is 5.82 Å². The van der Waals surface area contributed by atoms with Crippen LogP contribution in [-0.2, 0) is 0 Å². The summed E-state index contributed by atoms with van der Waals surface area (Å²) >= 11 is 3.20. The molecular weight excluding hydrogens is 271 g/mol. The van der Waals surface area contributed by atoms with Crippen molar-refractivity contribution in [3.63, 3.8) is 0 Å². The van der Waals surface area contributed by atoms with Gasteiger partial charge in [-0.2, -0.15) is 0 Å². The molecule has 0 fully saturated rings. The molecule has 4 heteroatoms. The summed E-state index contributed by atoms with van der Waals surface area (Å²) in [6.07, 6.45) is 0.975. The van der Waals surface area contributed by atoms with E-state index in [1.165, 1.54) is 6.07 Å². The van der Waals surface area contributed by atoms with E-state index in [1.54, 1.807) is 0 Å². The minimum absolute atomic E-state index is 0.222. The van der Waals surface area contributed by atoms with Crippen molar-refractivity contribution in [2.75, 3.05) is 20.1 Å². The highest BCUT2D eigenvalue weighted by atomic mass is 79.9. The third-order valence-electron chi connectivity index (χ3n) is 2.80. The maximum atomic E-state index is 13.1. The Labute approximate surface area is 105 Å². The van der Waals surface area contributed by atoms with Crippen LogP contribution in [0.1, 0.15) is 24.9 Å². The smallest absolute Gasteiger partial charge is 0.137 e. The lowest BCUT2D eigenvalue weighted by Gasteiger charge is -2.25. The van der Waals surface area contributed by atoms with Crippen LogP contribution in [0.2, 0.25) is 0 Å². The number of nitrogens with two attached hydrogens (primary N) is 1. The highest BCUT2D eigenvalue weighted by Crippen LogP contribution is 2.24. The van der Waals surface area contributed by atoms with Gasteiger partial charge in [-0.25, -0.2) is 4.39 Å². The van der Waals surface area contributed by atoms with Crippen LogP contribution in [0.4, 0.5) is 4.39 Å². The normalized spacial score (nSPS) is 13.1. The monoisotopic (exact) mass is 288 g/mol. The number of benzene rings is 1. The first-order valence-corrected chi connectivity index (χ1v) is 6.20. The fraction of sp³-hybridized carbons (Fsp3) is 0.500. The van der Waals surface area contributed by atoms with Crippen molar-refractivity contribution >= 4 is 15.9 Å². The van der Waals surface area contributed by atoms with Crippen molar-refractivity contribution in [3.05, 3.63) is 34.1 Å². The zero-order valence-electron chi connectivity index (χ0n) is 9.71. The van der Waals surface area contributed by atoms with Gasteiger partial charge in [-0.1, -0.05) is 6.07 Å². The minimum atomic E-state index is -0.222. The molecule has 0 aliphatic heterocycles. The van der Waals surface area contributed by atoms with E-state index in [1.807, 2.05) is 12.1 Å². The van der Waals surface area contributed by atoms with Crippen molar-refractivity contribution < 1.29 is 4.39 Å². The molecule has 0 aliphatic carbocycles. The largest absolute Gasteiger partial charge is 0.330 e. The quantitative estimate of drug-likeness (QED) is 0.903. The Bertz CT molecular complexity index is 344. The number of rotatable bonds is 5. The third kappa shape index (κ3) is 3.54. The summed E-state index contributed by atoms with van der Waals surface area (Å²) in [6, 6.07) is 5.42. The zero-order valence-corrected chi connectivity index (χ0v) is 11.3. The summed E-state index contributed by atoms with van der Waals surface area (Å²) in [5, 5.41) is 0. The van der Waals surface area contributed by atoms with E-state index in [0.29, 0.717) is 11.0 Å². The minimum Gasteiger partial charge on any atom is -0.330 e. The van der Waals surface area contributed by atoms with E-state index >= 15 is 0 Å². The molecule has 0 aliphatic rings. The van der Waals surface area contributed by atoms with Gasteiger partial charge in [-0.3, -0.25) is 4.90 Å². The van der Waals surface area contributed by atoms with Crippen LogP contribution >= 0.6 is 15.9 Å². The maximum absolute atomic E-state index is 13.1. The Morgan fingerprint density at radius 3 is 2.75 bits per heavy atom. The lowest BCUT2D eigenvalue weighted by atomic mass is 10.1. The van der Waals surface area contributed by atoms with Crippen LogP contribution in [0.25, 0.3) is 0 Å². The van der Waals surface area contributed by atoms with Crippen molar-refractivity contribution in [1.82, 2.24) is 4.90 Å². The van der Waals surface area contributed by atoms with Gasteiger partial charge in [0.2, 0.25) is 0 Å². The predicted octanol–water partition coefficient (Wildman–Crippen LogP) is 2.93. The predicted molar refractivity (Wildman–Crippen MR) is 68.8 cm³/mol. The van der Waals surface area contributed by atoms with Crippen LogP contribution in [0.3, 0.4) is 0 Å². The van der Waals surface area contributed by atoms with Gasteiger partial charge in [-0.05, 0) is 67.1 Å². The molecule has 2 N–H and O–H groups in total.